The molecule has 2 aliphatic rings. The lowest BCUT2D eigenvalue weighted by Crippen LogP contribution is -2.46. The molecule has 4 rings (SSSR count). The van der Waals surface area contributed by atoms with Crippen LogP contribution in [0, 0.1) is 19.8 Å². The van der Waals surface area contributed by atoms with Crippen molar-refractivity contribution in [3.8, 4) is 0 Å². The van der Waals surface area contributed by atoms with Crippen molar-refractivity contribution in [1.29, 1.82) is 0 Å². The lowest BCUT2D eigenvalue weighted by molar-refractivity contribution is 0.0438. The van der Waals surface area contributed by atoms with Gasteiger partial charge in [-0.3, -0.25) is 20.1 Å². The van der Waals surface area contributed by atoms with Crippen LogP contribution in [0.4, 0.5) is 4.79 Å². The second-order valence-corrected chi connectivity index (χ2v) is 8.92. The molecule has 0 bridgehead atoms. The maximum atomic E-state index is 11.8. The van der Waals surface area contributed by atoms with E-state index in [1.807, 2.05) is 24.5 Å². The van der Waals surface area contributed by atoms with Gasteiger partial charge in [-0.2, -0.15) is 0 Å². The van der Waals surface area contributed by atoms with Crippen LogP contribution in [0.3, 0.4) is 0 Å². The van der Waals surface area contributed by atoms with Crippen LogP contribution in [0.2, 0.25) is 0 Å². The van der Waals surface area contributed by atoms with Crippen molar-refractivity contribution < 1.29 is 10.0 Å². The first-order valence-electron chi connectivity index (χ1n) is 11.4. The van der Waals surface area contributed by atoms with Crippen LogP contribution in [0.15, 0.2) is 36.7 Å². The minimum absolute atomic E-state index is 0.278. The van der Waals surface area contributed by atoms with Crippen LogP contribution >= 0.6 is 0 Å². The number of piperidine rings is 2. The largest absolute Gasteiger partial charge is 0.341 e. The molecule has 2 saturated heterocycles. The summed E-state index contributed by atoms with van der Waals surface area (Å²) in [4.78, 5) is 25.7. The Bertz CT molecular complexity index is 844. The number of hydrogen-bond acceptors (Lipinski definition) is 5. The molecule has 2 aromatic rings. The summed E-state index contributed by atoms with van der Waals surface area (Å²) in [6, 6.07) is 8.48. The van der Waals surface area contributed by atoms with Crippen LogP contribution < -0.4 is 5.48 Å². The lowest BCUT2D eigenvalue weighted by atomic mass is 9.86. The molecular formula is C24H33N5O2. The molecular weight excluding hydrogens is 390 g/mol. The molecule has 4 heterocycles. The number of carbonyl (C=O) groups is 1. The van der Waals surface area contributed by atoms with Crippen molar-refractivity contribution in [1.82, 2.24) is 25.2 Å². The van der Waals surface area contributed by atoms with E-state index in [2.05, 4.69) is 30.9 Å². The summed E-state index contributed by atoms with van der Waals surface area (Å²) in [5, 5.41) is 8.92. The number of amides is 2. The number of nitrogens with one attached hydrogen (secondary N) is 1. The Morgan fingerprint density at radius 2 is 1.55 bits per heavy atom. The average Bonchev–Trinajstić information content (AvgIpc) is 2.80. The molecule has 166 valence electrons. The number of pyridine rings is 2. The summed E-state index contributed by atoms with van der Waals surface area (Å²) in [6.45, 7) is 6.62. The number of likely N-dealkylation sites (tertiary alicyclic amines) is 2. The summed E-state index contributed by atoms with van der Waals surface area (Å²) < 4.78 is 0. The molecule has 2 fully saturated rings. The van der Waals surface area contributed by atoms with Gasteiger partial charge in [-0.15, -0.1) is 0 Å². The molecule has 0 unspecified atom stereocenters. The summed E-state index contributed by atoms with van der Waals surface area (Å²) >= 11 is 0. The highest BCUT2D eigenvalue weighted by Crippen LogP contribution is 2.43. The molecule has 0 spiro atoms. The number of hydrogen-bond donors (Lipinski definition) is 2. The van der Waals surface area contributed by atoms with Gasteiger partial charge in [-0.1, -0.05) is 12.1 Å². The standard InChI is InChI=1S/C24H33N5O2/c1-17-6-4-12-25-22(17)20-8-3-9-21(23-18(2)7-5-13-26-23)29(20)16-19-10-14-28(15-11-19)24(30)27-31/h4-7,12-13,19-21,31H,3,8-11,14-16H2,1-2H3,(H,27,30)/t20-,21+. The average molecular weight is 424 g/mol. The SMILES string of the molecule is Cc1cccnc1[C@H]1CCC[C@@H](c2ncccc2C)N1CC1CCN(C(=O)NO)CC1. The van der Waals surface area contributed by atoms with Crippen LogP contribution in [-0.2, 0) is 0 Å². The quantitative estimate of drug-likeness (QED) is 0.570. The molecule has 2 N–H and O–H groups in total. The van der Waals surface area contributed by atoms with Gasteiger partial charge in [0.25, 0.3) is 0 Å². The number of aryl methyl sites for hydroxylation is 2. The van der Waals surface area contributed by atoms with Crippen LogP contribution in [0.5, 0.6) is 0 Å². The Hall–Kier alpha value is -2.51. The molecule has 0 aliphatic carbocycles. The zero-order valence-corrected chi connectivity index (χ0v) is 18.5. The predicted octanol–water partition coefficient (Wildman–Crippen LogP) is 4.17. The predicted molar refractivity (Wildman–Crippen MR) is 119 cm³/mol. The number of nitrogens with zero attached hydrogens (tertiary/aromatic N) is 4. The van der Waals surface area contributed by atoms with E-state index in [0.717, 1.165) is 38.6 Å². The van der Waals surface area contributed by atoms with Crippen LogP contribution in [-0.4, -0.2) is 50.6 Å². The normalized spacial score (nSPS) is 23.0. The topological polar surface area (TPSA) is 81.6 Å². The first kappa shape index (κ1) is 21.7. The van der Waals surface area contributed by atoms with Crippen molar-refractivity contribution in [2.75, 3.05) is 19.6 Å². The Morgan fingerprint density at radius 3 is 2.03 bits per heavy atom. The molecule has 0 radical (unpaired) electrons. The highest BCUT2D eigenvalue weighted by Gasteiger charge is 2.37. The molecule has 7 nitrogen and oxygen atoms in total. The van der Waals surface area contributed by atoms with Gasteiger partial charge < -0.3 is 4.90 Å². The van der Waals surface area contributed by atoms with Gasteiger partial charge >= 0.3 is 6.03 Å². The minimum Gasteiger partial charge on any atom is -0.323 e. The number of hydroxylamine groups is 1. The van der Waals surface area contributed by atoms with Crippen molar-refractivity contribution in [3.63, 3.8) is 0 Å². The maximum absolute atomic E-state index is 11.8. The number of urea groups is 1. The molecule has 0 saturated carbocycles. The Kier molecular flexibility index (Phi) is 6.83. The van der Waals surface area contributed by atoms with Gasteiger partial charge in [0, 0.05) is 32.0 Å². The van der Waals surface area contributed by atoms with E-state index in [0.29, 0.717) is 19.0 Å². The fraction of sp³-hybridized carbons (Fsp3) is 0.542. The summed E-state index contributed by atoms with van der Waals surface area (Å²) in [7, 11) is 0. The molecule has 31 heavy (non-hydrogen) atoms. The van der Waals surface area contributed by atoms with Crippen molar-refractivity contribution in [2.45, 2.75) is 58.0 Å². The van der Waals surface area contributed by atoms with E-state index in [9.17, 15) is 4.79 Å². The first-order valence-corrected chi connectivity index (χ1v) is 11.4. The lowest BCUT2D eigenvalue weighted by Gasteiger charge is -2.45. The van der Waals surface area contributed by atoms with Gasteiger partial charge in [0.1, 0.15) is 0 Å². The molecule has 2 atom stereocenters. The highest BCUT2D eigenvalue weighted by molar-refractivity contribution is 5.72. The molecule has 2 aromatic heterocycles. The van der Waals surface area contributed by atoms with E-state index in [1.165, 1.54) is 22.5 Å². The highest BCUT2D eigenvalue weighted by atomic mass is 16.5. The first-order chi connectivity index (χ1) is 15.1. The smallest absolute Gasteiger partial charge is 0.323 e. The van der Waals surface area contributed by atoms with E-state index in [1.54, 1.807) is 10.4 Å². The van der Waals surface area contributed by atoms with E-state index >= 15 is 0 Å². The molecule has 2 amide bonds. The number of rotatable bonds is 4. The summed E-state index contributed by atoms with van der Waals surface area (Å²) in [5.74, 6) is 0.499. The van der Waals surface area contributed by atoms with Gasteiger partial charge in [0.15, 0.2) is 0 Å². The Balaban J connectivity index is 1.60. The van der Waals surface area contributed by atoms with Gasteiger partial charge in [0.05, 0.1) is 23.5 Å². The third-order valence-corrected chi connectivity index (χ3v) is 6.95. The zero-order valence-electron chi connectivity index (χ0n) is 18.5. The zero-order chi connectivity index (χ0) is 21.8. The van der Waals surface area contributed by atoms with Crippen molar-refractivity contribution in [2.24, 2.45) is 5.92 Å². The maximum Gasteiger partial charge on any atom is 0.341 e. The van der Waals surface area contributed by atoms with Crippen molar-refractivity contribution >= 4 is 6.03 Å². The molecule has 0 aromatic carbocycles. The van der Waals surface area contributed by atoms with E-state index < -0.39 is 6.03 Å². The molecule has 7 heteroatoms. The van der Waals surface area contributed by atoms with Crippen molar-refractivity contribution in [3.05, 3.63) is 59.2 Å². The van der Waals surface area contributed by atoms with E-state index in [-0.39, 0.29) is 12.1 Å². The molecule has 2 aliphatic heterocycles. The van der Waals surface area contributed by atoms with Gasteiger partial charge in [-0.05, 0) is 75.1 Å². The summed E-state index contributed by atoms with van der Waals surface area (Å²) in [5.41, 5.74) is 6.60. The Morgan fingerprint density at radius 1 is 1.00 bits per heavy atom. The second-order valence-electron chi connectivity index (χ2n) is 8.92. The van der Waals surface area contributed by atoms with Crippen LogP contribution in [0.25, 0.3) is 0 Å². The fourth-order valence-corrected chi connectivity index (χ4v) is 5.28. The van der Waals surface area contributed by atoms with E-state index in [4.69, 9.17) is 15.2 Å². The van der Waals surface area contributed by atoms with Gasteiger partial charge in [0.2, 0.25) is 0 Å². The third-order valence-electron chi connectivity index (χ3n) is 6.95. The van der Waals surface area contributed by atoms with Gasteiger partial charge in [-0.25, -0.2) is 10.3 Å². The number of aromatic nitrogens is 2. The monoisotopic (exact) mass is 423 g/mol. The minimum atomic E-state index is -0.402. The summed E-state index contributed by atoms with van der Waals surface area (Å²) in [6.07, 6.45) is 9.05. The van der Waals surface area contributed by atoms with Crippen LogP contribution in [0.1, 0.15) is 66.7 Å². The number of carbonyl (C=O) groups excluding carboxylic acids is 1. The second kappa shape index (κ2) is 9.75. The third kappa shape index (κ3) is 4.72. The Labute approximate surface area is 184 Å². The fourth-order valence-electron chi connectivity index (χ4n) is 5.28.